The summed E-state index contributed by atoms with van der Waals surface area (Å²) in [5, 5.41) is 19.8. The molecular formula is C21H24N2O5. The fourth-order valence-electron chi connectivity index (χ4n) is 3.46. The van der Waals surface area contributed by atoms with Crippen LogP contribution in [0, 0.1) is 0 Å². The van der Waals surface area contributed by atoms with E-state index in [0.29, 0.717) is 11.1 Å². The van der Waals surface area contributed by atoms with Crippen LogP contribution in [0.1, 0.15) is 39.0 Å². The maximum absolute atomic E-state index is 12.4. The Hall–Kier alpha value is -2.48. The molecule has 0 radical (unpaired) electrons. The monoisotopic (exact) mass is 384 g/mol. The second kappa shape index (κ2) is 6.84. The van der Waals surface area contributed by atoms with E-state index < -0.39 is 24.1 Å². The molecular weight excluding hydrogens is 360 g/mol. The lowest BCUT2D eigenvalue weighted by atomic mass is 9.86. The van der Waals surface area contributed by atoms with E-state index in [9.17, 15) is 15.0 Å². The molecule has 3 aromatic rings. The molecule has 4 rings (SSSR count). The Morgan fingerprint density at radius 1 is 1.25 bits per heavy atom. The third-order valence-electron chi connectivity index (χ3n) is 5.17. The van der Waals surface area contributed by atoms with Gasteiger partial charge in [0.05, 0.1) is 18.1 Å². The van der Waals surface area contributed by atoms with Crippen molar-refractivity contribution >= 4 is 11.1 Å². The summed E-state index contributed by atoms with van der Waals surface area (Å²) in [4.78, 5) is 16.4. The highest BCUT2D eigenvalue weighted by Gasteiger charge is 2.35. The molecule has 2 aromatic heterocycles. The highest BCUT2D eigenvalue weighted by Crippen LogP contribution is 2.31. The molecule has 1 aliphatic heterocycles. The number of aromatic nitrogens is 2. The average molecular weight is 384 g/mol. The quantitative estimate of drug-likeness (QED) is 0.720. The van der Waals surface area contributed by atoms with Crippen molar-refractivity contribution in [1.82, 2.24) is 9.55 Å². The van der Waals surface area contributed by atoms with E-state index in [-0.39, 0.29) is 24.2 Å². The first kappa shape index (κ1) is 18.9. The lowest BCUT2D eigenvalue weighted by Gasteiger charge is -2.18. The Morgan fingerprint density at radius 3 is 2.57 bits per heavy atom. The average Bonchev–Trinajstić information content (AvgIpc) is 3.23. The molecule has 1 aliphatic rings. The number of furan rings is 1. The summed E-state index contributed by atoms with van der Waals surface area (Å²) in [5.41, 5.74) is 1.93. The molecule has 3 heterocycles. The maximum Gasteiger partial charge on any atom is 0.353 e. The first-order valence-corrected chi connectivity index (χ1v) is 9.34. The maximum atomic E-state index is 12.4. The summed E-state index contributed by atoms with van der Waals surface area (Å²) in [6.07, 6.45) is -0.344. The van der Waals surface area contributed by atoms with E-state index in [1.54, 1.807) is 6.20 Å². The first-order valence-electron chi connectivity index (χ1n) is 9.34. The lowest BCUT2D eigenvalue weighted by molar-refractivity contribution is -0.0457. The molecule has 2 N–H and O–H groups in total. The van der Waals surface area contributed by atoms with Gasteiger partial charge in [-0.05, 0) is 17.0 Å². The molecule has 0 spiro atoms. The summed E-state index contributed by atoms with van der Waals surface area (Å²) < 4.78 is 12.7. The first-order chi connectivity index (χ1) is 13.3. The van der Waals surface area contributed by atoms with Gasteiger partial charge in [-0.15, -0.1) is 0 Å². The standard InChI is InChI=1S/C21H24N2O5/c1-21(2,3)14-6-4-12(5-7-14)16-8-13-10-23(20(26)22-19(13)28-16)18-9-15(25)17(11-24)27-18/h4-8,10,15,17-18,24-25H,9,11H2,1-3H3. The van der Waals surface area contributed by atoms with Crippen LogP contribution in [-0.2, 0) is 10.2 Å². The van der Waals surface area contributed by atoms with Crippen LogP contribution in [0.5, 0.6) is 0 Å². The summed E-state index contributed by atoms with van der Waals surface area (Å²) in [7, 11) is 0. The number of hydrogen-bond acceptors (Lipinski definition) is 6. The molecule has 1 saturated heterocycles. The number of hydrogen-bond donors (Lipinski definition) is 2. The molecule has 148 valence electrons. The van der Waals surface area contributed by atoms with Gasteiger partial charge in [-0.25, -0.2) is 4.79 Å². The van der Waals surface area contributed by atoms with Crippen LogP contribution in [0.3, 0.4) is 0 Å². The second-order valence-electron chi connectivity index (χ2n) is 8.24. The molecule has 3 atom stereocenters. The van der Waals surface area contributed by atoms with Crippen molar-refractivity contribution in [2.45, 2.75) is 51.0 Å². The van der Waals surface area contributed by atoms with Gasteiger partial charge >= 0.3 is 5.69 Å². The second-order valence-corrected chi connectivity index (χ2v) is 8.24. The summed E-state index contributed by atoms with van der Waals surface area (Å²) in [6.45, 7) is 6.17. The van der Waals surface area contributed by atoms with E-state index in [1.165, 1.54) is 10.1 Å². The van der Waals surface area contributed by atoms with Gasteiger partial charge in [0.15, 0.2) is 0 Å². The Bertz CT molecular complexity index is 1050. The minimum absolute atomic E-state index is 0.0647. The van der Waals surface area contributed by atoms with Crippen LogP contribution in [0.25, 0.3) is 22.4 Å². The van der Waals surface area contributed by atoms with Gasteiger partial charge in [0.1, 0.15) is 18.1 Å². The van der Waals surface area contributed by atoms with E-state index in [1.807, 2.05) is 18.2 Å². The summed E-state index contributed by atoms with van der Waals surface area (Å²) in [5.74, 6) is 0.626. The molecule has 0 saturated carbocycles. The van der Waals surface area contributed by atoms with Crippen molar-refractivity contribution in [3.8, 4) is 11.3 Å². The highest BCUT2D eigenvalue weighted by atomic mass is 16.5. The van der Waals surface area contributed by atoms with Crippen LogP contribution < -0.4 is 5.69 Å². The Kier molecular flexibility index (Phi) is 4.61. The van der Waals surface area contributed by atoms with Crippen molar-refractivity contribution < 1.29 is 19.4 Å². The summed E-state index contributed by atoms with van der Waals surface area (Å²) in [6, 6.07) is 9.95. The largest absolute Gasteiger partial charge is 0.437 e. The van der Waals surface area contributed by atoms with Gasteiger partial charge in [-0.2, -0.15) is 4.98 Å². The molecule has 3 unspecified atom stereocenters. The zero-order valence-electron chi connectivity index (χ0n) is 16.1. The number of ether oxygens (including phenoxy) is 1. The Labute approximate surface area is 162 Å². The van der Waals surface area contributed by atoms with Gasteiger partial charge in [0.25, 0.3) is 0 Å². The predicted octanol–water partition coefficient (Wildman–Crippen LogP) is 2.59. The van der Waals surface area contributed by atoms with Crippen LogP contribution in [0.15, 0.2) is 45.7 Å². The number of fused-ring (bicyclic) bond motifs is 1. The van der Waals surface area contributed by atoms with Crippen molar-refractivity contribution in [2.24, 2.45) is 0 Å². The van der Waals surface area contributed by atoms with Gasteiger partial charge in [-0.3, -0.25) is 4.57 Å². The van der Waals surface area contributed by atoms with Crippen LogP contribution in [0.4, 0.5) is 0 Å². The molecule has 7 nitrogen and oxygen atoms in total. The zero-order valence-corrected chi connectivity index (χ0v) is 16.1. The smallest absolute Gasteiger partial charge is 0.353 e. The molecule has 1 aromatic carbocycles. The van der Waals surface area contributed by atoms with Crippen LogP contribution in [-0.4, -0.2) is 38.6 Å². The molecule has 28 heavy (non-hydrogen) atoms. The van der Waals surface area contributed by atoms with E-state index in [4.69, 9.17) is 9.15 Å². The molecule has 0 amide bonds. The van der Waals surface area contributed by atoms with Gasteiger partial charge < -0.3 is 19.4 Å². The fourth-order valence-corrected chi connectivity index (χ4v) is 3.46. The van der Waals surface area contributed by atoms with Crippen LogP contribution in [0.2, 0.25) is 0 Å². The third kappa shape index (κ3) is 3.37. The van der Waals surface area contributed by atoms with Crippen molar-refractivity contribution in [1.29, 1.82) is 0 Å². The molecule has 7 heteroatoms. The third-order valence-corrected chi connectivity index (χ3v) is 5.17. The zero-order chi connectivity index (χ0) is 20.1. The van der Waals surface area contributed by atoms with Gasteiger partial charge in [-0.1, -0.05) is 45.0 Å². The van der Waals surface area contributed by atoms with E-state index in [2.05, 4.69) is 37.9 Å². The summed E-state index contributed by atoms with van der Waals surface area (Å²) >= 11 is 0. The van der Waals surface area contributed by atoms with Crippen molar-refractivity contribution in [2.75, 3.05) is 6.61 Å². The highest BCUT2D eigenvalue weighted by molar-refractivity contribution is 5.79. The number of aliphatic hydroxyl groups is 2. The number of benzene rings is 1. The van der Waals surface area contributed by atoms with Gasteiger partial charge in [0, 0.05) is 18.2 Å². The van der Waals surface area contributed by atoms with Crippen molar-refractivity contribution in [3.63, 3.8) is 0 Å². The topological polar surface area (TPSA) is 97.7 Å². The number of rotatable bonds is 3. The minimum Gasteiger partial charge on any atom is -0.437 e. The van der Waals surface area contributed by atoms with Crippen LogP contribution >= 0.6 is 0 Å². The normalized spacial score (nSPS) is 22.8. The fraction of sp³-hybridized carbons (Fsp3) is 0.429. The van der Waals surface area contributed by atoms with Gasteiger partial charge in [0.2, 0.25) is 5.71 Å². The Morgan fingerprint density at radius 2 is 1.96 bits per heavy atom. The molecule has 0 aliphatic carbocycles. The van der Waals surface area contributed by atoms with E-state index >= 15 is 0 Å². The van der Waals surface area contributed by atoms with Crippen molar-refractivity contribution in [3.05, 3.63) is 52.6 Å². The Balaban J connectivity index is 1.68. The van der Waals surface area contributed by atoms with E-state index in [0.717, 1.165) is 5.56 Å². The number of nitrogens with zero attached hydrogens (tertiary/aromatic N) is 2. The SMILES string of the molecule is CC(C)(C)c1ccc(-c2cc3cn(C4CC(O)C(CO)O4)c(=O)nc3o2)cc1. The minimum atomic E-state index is -0.821. The molecule has 1 fully saturated rings. The predicted molar refractivity (Wildman–Crippen MR) is 104 cm³/mol. The number of aliphatic hydroxyl groups excluding tert-OH is 2. The lowest BCUT2D eigenvalue weighted by Crippen LogP contribution is -2.27. The molecule has 0 bridgehead atoms.